The van der Waals surface area contributed by atoms with Crippen molar-refractivity contribution in [1.29, 1.82) is 0 Å². The molecule has 1 rings (SSSR count). The number of carbonyl (C=O) groups excluding carboxylic acids is 2. The Morgan fingerprint density at radius 1 is 0.424 bits per heavy atom. The minimum atomic E-state index is 0.00767. The fraction of sp³-hybridized carbons (Fsp3) is 0.962. The van der Waals surface area contributed by atoms with Gasteiger partial charge in [-0.05, 0) is 76.8 Å². The number of carbonyl (C=O) groups is 2. The predicted octanol–water partition coefficient (Wildman–Crippen LogP) is 14.3. The minimum Gasteiger partial charge on any atom is -0.466 e. The van der Waals surface area contributed by atoms with Crippen LogP contribution in [0.3, 0.4) is 0 Å². The van der Waals surface area contributed by atoms with Crippen LogP contribution in [-0.2, 0) is 23.8 Å². The second-order valence-electron chi connectivity index (χ2n) is 18.7. The molecule has 0 radical (unpaired) electrons. The molecule has 1 aliphatic heterocycles. The second-order valence-corrected chi connectivity index (χ2v) is 18.7. The Morgan fingerprint density at radius 2 is 0.814 bits per heavy atom. The number of piperazine rings is 1. The van der Waals surface area contributed by atoms with Crippen LogP contribution in [0.2, 0.25) is 0 Å². The molecular formula is C52H102N2O5. The van der Waals surface area contributed by atoms with Gasteiger partial charge in [-0.2, -0.15) is 0 Å². The van der Waals surface area contributed by atoms with E-state index in [2.05, 4.69) is 44.5 Å². The van der Waals surface area contributed by atoms with Crippen molar-refractivity contribution in [2.24, 2.45) is 11.8 Å². The first kappa shape index (κ1) is 55.8. The Hall–Kier alpha value is -1.18. The van der Waals surface area contributed by atoms with E-state index in [0.717, 1.165) is 57.0 Å². The SMILES string of the molecule is CCCCC(CCCC)CCOC(=O)CCCCCCCCCC(CCCCCCCCCC(=O)OCCC(CCCC)CCCC)OCCCCN1CCN(C)CC1. The van der Waals surface area contributed by atoms with Crippen molar-refractivity contribution in [2.45, 2.75) is 252 Å². The van der Waals surface area contributed by atoms with Crippen molar-refractivity contribution in [3.05, 3.63) is 0 Å². The summed E-state index contributed by atoms with van der Waals surface area (Å²) >= 11 is 0. The molecule has 350 valence electrons. The summed E-state index contributed by atoms with van der Waals surface area (Å²) in [5, 5.41) is 0. The molecule has 0 N–H and O–H groups in total. The maximum Gasteiger partial charge on any atom is 0.305 e. The van der Waals surface area contributed by atoms with Gasteiger partial charge in [-0.1, -0.05) is 182 Å². The van der Waals surface area contributed by atoms with Gasteiger partial charge in [0.25, 0.3) is 0 Å². The summed E-state index contributed by atoms with van der Waals surface area (Å²) in [7, 11) is 2.23. The predicted molar refractivity (Wildman–Crippen MR) is 252 cm³/mol. The fourth-order valence-electron chi connectivity index (χ4n) is 8.78. The molecule has 1 saturated heterocycles. The zero-order valence-corrected chi connectivity index (χ0v) is 40.4. The van der Waals surface area contributed by atoms with Gasteiger partial charge >= 0.3 is 11.9 Å². The highest BCUT2D eigenvalue weighted by Gasteiger charge is 2.15. The van der Waals surface area contributed by atoms with Gasteiger partial charge in [0, 0.05) is 45.6 Å². The average Bonchev–Trinajstić information content (AvgIpc) is 3.24. The highest BCUT2D eigenvalue weighted by atomic mass is 16.5. The number of rotatable bonds is 44. The van der Waals surface area contributed by atoms with Crippen molar-refractivity contribution < 1.29 is 23.8 Å². The molecule has 59 heavy (non-hydrogen) atoms. The van der Waals surface area contributed by atoms with E-state index in [9.17, 15) is 9.59 Å². The standard InChI is InChI=1S/C52H102N2O5/c1-6-10-30-48(31-11-7-2)38-46-58-51(55)36-26-22-18-14-16-20-24-34-50(57-45-29-28-40-54-43-41-53(5)42-44-54)35-25-21-17-15-19-23-27-37-52(56)59-47-39-49(32-12-8-3)33-13-9-4/h48-50H,6-47H2,1-5H3. The van der Waals surface area contributed by atoms with Crippen molar-refractivity contribution in [3.63, 3.8) is 0 Å². The zero-order valence-electron chi connectivity index (χ0n) is 40.4. The van der Waals surface area contributed by atoms with E-state index in [4.69, 9.17) is 14.2 Å². The van der Waals surface area contributed by atoms with Gasteiger partial charge in [0.05, 0.1) is 19.3 Å². The number of nitrogens with zero attached hydrogens (tertiary/aromatic N) is 2. The molecule has 1 heterocycles. The molecule has 0 aliphatic carbocycles. The Morgan fingerprint density at radius 3 is 1.22 bits per heavy atom. The lowest BCUT2D eigenvalue weighted by Crippen LogP contribution is -2.44. The summed E-state index contributed by atoms with van der Waals surface area (Å²) in [6.45, 7) is 17.2. The lowest BCUT2D eigenvalue weighted by atomic mass is 9.93. The normalized spacial score (nSPS) is 14.0. The fourth-order valence-corrected chi connectivity index (χ4v) is 8.78. The first-order valence-corrected chi connectivity index (χ1v) is 26.2. The van der Waals surface area contributed by atoms with Crippen LogP contribution in [0, 0.1) is 11.8 Å². The average molecular weight is 835 g/mol. The number of hydrogen-bond donors (Lipinski definition) is 0. The summed E-state index contributed by atoms with van der Waals surface area (Å²) in [6, 6.07) is 0. The number of unbranched alkanes of at least 4 members (excludes halogenated alkanes) is 17. The molecule has 0 saturated carbocycles. The van der Waals surface area contributed by atoms with Gasteiger partial charge < -0.3 is 24.0 Å². The van der Waals surface area contributed by atoms with Crippen molar-refractivity contribution >= 4 is 11.9 Å². The van der Waals surface area contributed by atoms with Crippen molar-refractivity contribution in [2.75, 3.05) is 59.6 Å². The Labute approximate surface area is 368 Å². The van der Waals surface area contributed by atoms with Crippen LogP contribution in [-0.4, -0.2) is 87.4 Å². The molecule has 0 bridgehead atoms. The quantitative estimate of drug-likeness (QED) is 0.0447. The van der Waals surface area contributed by atoms with E-state index in [1.165, 1.54) is 200 Å². The minimum absolute atomic E-state index is 0.00767. The van der Waals surface area contributed by atoms with Gasteiger partial charge in [0.15, 0.2) is 0 Å². The maximum atomic E-state index is 12.3. The molecule has 0 amide bonds. The van der Waals surface area contributed by atoms with Gasteiger partial charge in [0.2, 0.25) is 0 Å². The third kappa shape index (κ3) is 36.1. The lowest BCUT2D eigenvalue weighted by molar-refractivity contribution is -0.145. The Bertz CT molecular complexity index is 838. The highest BCUT2D eigenvalue weighted by Crippen LogP contribution is 2.22. The first-order valence-electron chi connectivity index (χ1n) is 26.2. The Balaban J connectivity index is 2.20. The summed E-state index contributed by atoms with van der Waals surface area (Å²) in [5.74, 6) is 1.45. The topological polar surface area (TPSA) is 68.3 Å². The summed E-state index contributed by atoms with van der Waals surface area (Å²) in [4.78, 5) is 29.7. The van der Waals surface area contributed by atoms with Gasteiger partial charge in [-0.15, -0.1) is 0 Å². The molecule has 0 aromatic carbocycles. The van der Waals surface area contributed by atoms with E-state index in [1.54, 1.807) is 0 Å². The molecule has 7 heteroatoms. The second kappa shape index (κ2) is 42.1. The van der Waals surface area contributed by atoms with Gasteiger partial charge in [-0.25, -0.2) is 0 Å². The third-order valence-corrected chi connectivity index (χ3v) is 13.1. The molecule has 0 aromatic rings. The highest BCUT2D eigenvalue weighted by molar-refractivity contribution is 5.69. The van der Waals surface area contributed by atoms with Crippen LogP contribution < -0.4 is 0 Å². The maximum absolute atomic E-state index is 12.3. The molecular weight excluding hydrogens is 733 g/mol. The number of ether oxygens (including phenoxy) is 3. The van der Waals surface area contributed by atoms with Crippen LogP contribution in [0.15, 0.2) is 0 Å². The van der Waals surface area contributed by atoms with E-state index in [-0.39, 0.29) is 11.9 Å². The van der Waals surface area contributed by atoms with E-state index < -0.39 is 0 Å². The molecule has 1 aliphatic rings. The molecule has 0 unspecified atom stereocenters. The number of hydrogen-bond acceptors (Lipinski definition) is 7. The van der Waals surface area contributed by atoms with Gasteiger partial charge in [0.1, 0.15) is 0 Å². The van der Waals surface area contributed by atoms with Crippen molar-refractivity contribution in [1.82, 2.24) is 9.80 Å². The van der Waals surface area contributed by atoms with Crippen LogP contribution in [0.25, 0.3) is 0 Å². The van der Waals surface area contributed by atoms with E-state index in [0.29, 0.717) is 32.2 Å². The summed E-state index contributed by atoms with van der Waals surface area (Å²) in [6.07, 6.45) is 40.5. The van der Waals surface area contributed by atoms with Gasteiger partial charge in [-0.3, -0.25) is 9.59 Å². The summed E-state index contributed by atoms with van der Waals surface area (Å²) < 4.78 is 17.8. The third-order valence-electron chi connectivity index (χ3n) is 13.1. The smallest absolute Gasteiger partial charge is 0.305 e. The molecule has 0 aromatic heterocycles. The molecule has 1 fully saturated rings. The van der Waals surface area contributed by atoms with Crippen LogP contribution in [0.4, 0.5) is 0 Å². The first-order chi connectivity index (χ1) is 28.9. The lowest BCUT2D eigenvalue weighted by Gasteiger charge is -2.32. The van der Waals surface area contributed by atoms with Crippen LogP contribution >= 0.6 is 0 Å². The Kier molecular flexibility index (Phi) is 39.9. The van der Waals surface area contributed by atoms with E-state index in [1.807, 2.05) is 0 Å². The largest absolute Gasteiger partial charge is 0.466 e. The molecule has 7 nitrogen and oxygen atoms in total. The summed E-state index contributed by atoms with van der Waals surface area (Å²) in [5.41, 5.74) is 0. The zero-order chi connectivity index (χ0) is 42.9. The van der Waals surface area contributed by atoms with Crippen LogP contribution in [0.1, 0.15) is 246 Å². The monoisotopic (exact) mass is 835 g/mol. The van der Waals surface area contributed by atoms with Crippen LogP contribution in [0.5, 0.6) is 0 Å². The number of likely N-dealkylation sites (N-methyl/N-ethyl adjacent to an activating group) is 1. The molecule has 0 atom stereocenters. The van der Waals surface area contributed by atoms with Crippen molar-refractivity contribution in [3.8, 4) is 0 Å². The van der Waals surface area contributed by atoms with E-state index >= 15 is 0 Å². The molecule has 0 spiro atoms. The number of esters is 2.